The fraction of sp³-hybridized carbons (Fsp3) is 0.0556. The number of anilines is 3. The molecule has 2 aromatic heterocycles. The summed E-state index contributed by atoms with van der Waals surface area (Å²) in [5.74, 6) is 0.337. The third-order valence-corrected chi connectivity index (χ3v) is 3.20. The molecule has 2 N–H and O–H groups in total. The Balaban J connectivity index is 2.02. The summed E-state index contributed by atoms with van der Waals surface area (Å²) in [6, 6.07) is 17.3. The first-order chi connectivity index (χ1) is 11.2. The van der Waals surface area contributed by atoms with E-state index in [2.05, 4.69) is 20.6 Å². The SMILES string of the molecule is CC(=O)Nc1cc(Nc2ccccc2)c(-c2ccccn2)cn1. The summed E-state index contributed by atoms with van der Waals surface area (Å²) in [5.41, 5.74) is 3.45. The van der Waals surface area contributed by atoms with Gasteiger partial charge < -0.3 is 10.6 Å². The summed E-state index contributed by atoms with van der Waals surface area (Å²) in [5, 5.41) is 6.05. The van der Waals surface area contributed by atoms with Gasteiger partial charge in [0.05, 0.1) is 11.4 Å². The zero-order valence-electron chi connectivity index (χ0n) is 12.7. The number of benzene rings is 1. The molecule has 0 atom stereocenters. The average Bonchev–Trinajstić information content (AvgIpc) is 2.56. The van der Waals surface area contributed by atoms with E-state index in [1.807, 2.05) is 48.5 Å². The van der Waals surface area contributed by atoms with Crippen LogP contribution in [0.2, 0.25) is 0 Å². The van der Waals surface area contributed by atoms with Crippen molar-refractivity contribution in [2.75, 3.05) is 10.6 Å². The Morgan fingerprint density at radius 1 is 1.00 bits per heavy atom. The van der Waals surface area contributed by atoms with Gasteiger partial charge in [-0.15, -0.1) is 0 Å². The van der Waals surface area contributed by atoms with Crippen molar-refractivity contribution >= 4 is 23.1 Å². The van der Waals surface area contributed by atoms with Gasteiger partial charge in [-0.05, 0) is 24.3 Å². The maximum absolute atomic E-state index is 11.3. The third-order valence-electron chi connectivity index (χ3n) is 3.20. The minimum Gasteiger partial charge on any atom is -0.355 e. The first-order valence-corrected chi connectivity index (χ1v) is 7.23. The van der Waals surface area contributed by atoms with Gasteiger partial charge in [-0.2, -0.15) is 0 Å². The molecule has 0 saturated heterocycles. The molecule has 0 aliphatic rings. The predicted molar refractivity (Wildman–Crippen MR) is 91.5 cm³/mol. The molecule has 23 heavy (non-hydrogen) atoms. The van der Waals surface area contributed by atoms with Crippen molar-refractivity contribution in [1.82, 2.24) is 9.97 Å². The van der Waals surface area contributed by atoms with E-state index in [1.54, 1.807) is 18.5 Å². The number of para-hydroxylation sites is 1. The minimum atomic E-state index is -0.159. The summed E-state index contributed by atoms with van der Waals surface area (Å²) in [4.78, 5) is 19.9. The number of nitrogens with one attached hydrogen (secondary N) is 2. The van der Waals surface area contributed by atoms with E-state index in [0.29, 0.717) is 5.82 Å². The molecule has 0 aliphatic heterocycles. The molecule has 114 valence electrons. The van der Waals surface area contributed by atoms with Gasteiger partial charge in [-0.1, -0.05) is 24.3 Å². The molecule has 5 nitrogen and oxygen atoms in total. The number of rotatable bonds is 4. The summed E-state index contributed by atoms with van der Waals surface area (Å²) >= 11 is 0. The van der Waals surface area contributed by atoms with Gasteiger partial charge in [0.2, 0.25) is 5.91 Å². The highest BCUT2D eigenvalue weighted by molar-refractivity contribution is 5.89. The smallest absolute Gasteiger partial charge is 0.222 e. The molecule has 0 fully saturated rings. The highest BCUT2D eigenvalue weighted by Crippen LogP contribution is 2.30. The second kappa shape index (κ2) is 6.70. The molecular weight excluding hydrogens is 288 g/mol. The van der Waals surface area contributed by atoms with E-state index in [1.165, 1.54) is 6.92 Å². The van der Waals surface area contributed by atoms with Crippen molar-refractivity contribution in [3.8, 4) is 11.3 Å². The molecule has 0 saturated carbocycles. The fourth-order valence-corrected chi connectivity index (χ4v) is 2.21. The van der Waals surface area contributed by atoms with E-state index in [0.717, 1.165) is 22.6 Å². The zero-order valence-corrected chi connectivity index (χ0v) is 12.7. The Morgan fingerprint density at radius 3 is 2.48 bits per heavy atom. The molecule has 0 radical (unpaired) electrons. The van der Waals surface area contributed by atoms with E-state index in [9.17, 15) is 4.79 Å². The van der Waals surface area contributed by atoms with Crippen molar-refractivity contribution in [2.24, 2.45) is 0 Å². The second-order valence-corrected chi connectivity index (χ2v) is 5.00. The predicted octanol–water partition coefficient (Wildman–Crippen LogP) is 3.85. The normalized spacial score (nSPS) is 10.1. The number of hydrogen-bond acceptors (Lipinski definition) is 4. The monoisotopic (exact) mass is 304 g/mol. The van der Waals surface area contributed by atoms with Gasteiger partial charge in [0, 0.05) is 36.6 Å². The molecule has 0 unspecified atom stereocenters. The lowest BCUT2D eigenvalue weighted by Gasteiger charge is -2.13. The van der Waals surface area contributed by atoms with E-state index in [-0.39, 0.29) is 5.91 Å². The van der Waals surface area contributed by atoms with Crippen LogP contribution < -0.4 is 10.6 Å². The van der Waals surface area contributed by atoms with E-state index >= 15 is 0 Å². The van der Waals surface area contributed by atoms with Gasteiger partial charge in [0.25, 0.3) is 0 Å². The van der Waals surface area contributed by atoms with Crippen molar-refractivity contribution < 1.29 is 4.79 Å². The fourth-order valence-electron chi connectivity index (χ4n) is 2.21. The molecular formula is C18H16N4O. The van der Waals surface area contributed by atoms with E-state index in [4.69, 9.17) is 0 Å². The largest absolute Gasteiger partial charge is 0.355 e. The quantitative estimate of drug-likeness (QED) is 0.768. The Bertz CT molecular complexity index is 804. The number of carbonyl (C=O) groups is 1. The molecule has 5 heteroatoms. The van der Waals surface area contributed by atoms with Crippen molar-refractivity contribution in [2.45, 2.75) is 6.92 Å². The van der Waals surface area contributed by atoms with Crippen LogP contribution in [0.3, 0.4) is 0 Å². The Labute approximate surface area is 134 Å². The van der Waals surface area contributed by atoms with Crippen LogP contribution >= 0.6 is 0 Å². The Morgan fingerprint density at radius 2 is 1.78 bits per heavy atom. The molecule has 1 amide bonds. The molecule has 2 heterocycles. The Kier molecular flexibility index (Phi) is 4.29. The van der Waals surface area contributed by atoms with Crippen LogP contribution in [-0.2, 0) is 4.79 Å². The molecule has 0 aliphatic carbocycles. The highest BCUT2D eigenvalue weighted by Gasteiger charge is 2.09. The number of carbonyl (C=O) groups excluding carboxylic acids is 1. The maximum Gasteiger partial charge on any atom is 0.222 e. The number of nitrogens with zero attached hydrogens (tertiary/aromatic N) is 2. The summed E-state index contributed by atoms with van der Waals surface area (Å²) in [6.07, 6.45) is 3.45. The zero-order chi connectivity index (χ0) is 16.1. The second-order valence-electron chi connectivity index (χ2n) is 5.00. The number of pyridine rings is 2. The standard InChI is InChI=1S/C18H16N4O/c1-13(23)21-18-11-17(22-14-7-3-2-4-8-14)15(12-20-18)16-9-5-6-10-19-16/h2-12H,1H3,(H2,20,21,22,23). The van der Waals surface area contributed by atoms with Gasteiger partial charge in [-0.25, -0.2) is 4.98 Å². The van der Waals surface area contributed by atoms with Crippen molar-refractivity contribution in [1.29, 1.82) is 0 Å². The van der Waals surface area contributed by atoms with Crippen LogP contribution in [0.1, 0.15) is 6.92 Å². The Hall–Kier alpha value is -3.21. The van der Waals surface area contributed by atoms with Crippen LogP contribution in [0.25, 0.3) is 11.3 Å². The van der Waals surface area contributed by atoms with Gasteiger partial charge >= 0.3 is 0 Å². The van der Waals surface area contributed by atoms with Gasteiger partial charge in [0.1, 0.15) is 5.82 Å². The van der Waals surface area contributed by atoms with Crippen molar-refractivity contribution in [3.63, 3.8) is 0 Å². The highest BCUT2D eigenvalue weighted by atomic mass is 16.1. The topological polar surface area (TPSA) is 66.9 Å². The molecule has 3 rings (SSSR count). The third kappa shape index (κ3) is 3.71. The minimum absolute atomic E-state index is 0.159. The summed E-state index contributed by atoms with van der Waals surface area (Å²) < 4.78 is 0. The summed E-state index contributed by atoms with van der Waals surface area (Å²) in [7, 11) is 0. The molecule has 0 spiro atoms. The summed E-state index contributed by atoms with van der Waals surface area (Å²) in [6.45, 7) is 1.46. The lowest BCUT2D eigenvalue weighted by Crippen LogP contribution is -2.08. The van der Waals surface area contributed by atoms with Gasteiger partial charge in [0.15, 0.2) is 0 Å². The van der Waals surface area contributed by atoms with Crippen LogP contribution in [-0.4, -0.2) is 15.9 Å². The van der Waals surface area contributed by atoms with Crippen LogP contribution in [0, 0.1) is 0 Å². The first-order valence-electron chi connectivity index (χ1n) is 7.23. The van der Waals surface area contributed by atoms with Crippen LogP contribution in [0.5, 0.6) is 0 Å². The van der Waals surface area contributed by atoms with E-state index < -0.39 is 0 Å². The van der Waals surface area contributed by atoms with Crippen LogP contribution in [0.15, 0.2) is 67.0 Å². The molecule has 0 bridgehead atoms. The molecule has 3 aromatic rings. The molecule has 1 aromatic carbocycles. The number of aromatic nitrogens is 2. The number of amides is 1. The lowest BCUT2D eigenvalue weighted by atomic mass is 10.1. The lowest BCUT2D eigenvalue weighted by molar-refractivity contribution is -0.114. The van der Waals surface area contributed by atoms with Crippen LogP contribution in [0.4, 0.5) is 17.2 Å². The number of hydrogen-bond donors (Lipinski definition) is 2. The van der Waals surface area contributed by atoms with Crippen molar-refractivity contribution in [3.05, 3.63) is 67.0 Å². The maximum atomic E-state index is 11.3. The average molecular weight is 304 g/mol. The van der Waals surface area contributed by atoms with Gasteiger partial charge in [-0.3, -0.25) is 9.78 Å². The first kappa shape index (κ1) is 14.7.